The Balaban J connectivity index is 2.11. The molecule has 1 aromatic heterocycles. The number of carbonyl (C=O) groups is 1. The zero-order valence-corrected chi connectivity index (χ0v) is 11.3. The quantitative estimate of drug-likeness (QED) is 0.781. The van der Waals surface area contributed by atoms with Gasteiger partial charge < -0.3 is 10.1 Å². The van der Waals surface area contributed by atoms with Crippen LogP contribution >= 0.6 is 0 Å². The Morgan fingerprint density at radius 1 is 1.40 bits per heavy atom. The van der Waals surface area contributed by atoms with E-state index in [1.54, 1.807) is 12.1 Å². The highest BCUT2D eigenvalue weighted by Gasteiger charge is 2.08. The van der Waals surface area contributed by atoms with E-state index in [2.05, 4.69) is 10.3 Å². The van der Waals surface area contributed by atoms with E-state index in [4.69, 9.17) is 4.74 Å². The molecule has 0 unspecified atom stereocenters. The van der Waals surface area contributed by atoms with Crippen molar-refractivity contribution in [2.45, 2.75) is 13.5 Å². The predicted molar refractivity (Wildman–Crippen MR) is 75.5 cm³/mol. The number of nitrogens with zero attached hydrogens (tertiary/aromatic N) is 2. The van der Waals surface area contributed by atoms with E-state index in [-0.39, 0.29) is 18.0 Å². The topological polar surface area (TPSA) is 73.2 Å². The van der Waals surface area contributed by atoms with Crippen molar-refractivity contribution in [1.82, 2.24) is 14.9 Å². The molecular weight excluding hydrogens is 258 g/mol. The Morgan fingerprint density at radius 2 is 2.20 bits per heavy atom. The Kier molecular flexibility index (Phi) is 4.84. The summed E-state index contributed by atoms with van der Waals surface area (Å²) in [6.07, 6.45) is 1.23. The van der Waals surface area contributed by atoms with E-state index in [1.165, 1.54) is 10.8 Å². The summed E-state index contributed by atoms with van der Waals surface area (Å²) in [6.45, 7) is 3.39. The largest absolute Gasteiger partial charge is 0.380 e. The molecule has 0 atom stereocenters. The molecule has 0 aliphatic rings. The van der Waals surface area contributed by atoms with Crippen LogP contribution in [0.4, 0.5) is 0 Å². The molecule has 2 rings (SSSR count). The number of fused-ring (bicyclic) bond motifs is 1. The van der Waals surface area contributed by atoms with Gasteiger partial charge in [0.1, 0.15) is 6.54 Å². The molecule has 0 saturated carbocycles. The van der Waals surface area contributed by atoms with Crippen molar-refractivity contribution in [3.63, 3.8) is 0 Å². The summed E-state index contributed by atoms with van der Waals surface area (Å²) >= 11 is 0. The number of rotatable bonds is 6. The molecule has 6 nitrogen and oxygen atoms in total. The van der Waals surface area contributed by atoms with E-state index >= 15 is 0 Å². The molecule has 1 heterocycles. The molecule has 0 bridgehead atoms. The summed E-state index contributed by atoms with van der Waals surface area (Å²) in [5.74, 6) is -0.219. The van der Waals surface area contributed by atoms with Gasteiger partial charge in [-0.15, -0.1) is 0 Å². The lowest BCUT2D eigenvalue weighted by Crippen LogP contribution is -2.34. The zero-order valence-electron chi connectivity index (χ0n) is 11.3. The minimum absolute atomic E-state index is 0.0198. The van der Waals surface area contributed by atoms with Crippen LogP contribution in [0.5, 0.6) is 0 Å². The van der Waals surface area contributed by atoms with Gasteiger partial charge in [0.15, 0.2) is 0 Å². The maximum atomic E-state index is 11.8. The first-order valence-corrected chi connectivity index (χ1v) is 6.51. The van der Waals surface area contributed by atoms with Crippen molar-refractivity contribution >= 4 is 16.9 Å². The minimum atomic E-state index is -0.288. The number of amides is 1. The molecule has 0 aliphatic heterocycles. The lowest BCUT2D eigenvalue weighted by molar-refractivity contribution is -0.121. The third-order valence-electron chi connectivity index (χ3n) is 2.83. The molecule has 1 aromatic carbocycles. The van der Waals surface area contributed by atoms with Crippen LogP contribution in [-0.2, 0) is 16.1 Å². The number of hydrogen-bond acceptors (Lipinski definition) is 4. The average Bonchev–Trinajstić information content (AvgIpc) is 2.47. The summed E-state index contributed by atoms with van der Waals surface area (Å²) in [4.78, 5) is 27.7. The van der Waals surface area contributed by atoms with Crippen molar-refractivity contribution in [3.8, 4) is 0 Å². The first kappa shape index (κ1) is 14.2. The van der Waals surface area contributed by atoms with Crippen LogP contribution in [0.15, 0.2) is 35.3 Å². The fraction of sp³-hybridized carbons (Fsp3) is 0.357. The average molecular weight is 275 g/mol. The summed E-state index contributed by atoms with van der Waals surface area (Å²) in [7, 11) is 0. The van der Waals surface area contributed by atoms with Crippen molar-refractivity contribution in [2.24, 2.45) is 0 Å². The summed E-state index contributed by atoms with van der Waals surface area (Å²) in [6, 6.07) is 7.23. The van der Waals surface area contributed by atoms with Crippen LogP contribution in [0, 0.1) is 0 Å². The molecule has 20 heavy (non-hydrogen) atoms. The van der Waals surface area contributed by atoms with Crippen LogP contribution in [0.2, 0.25) is 0 Å². The van der Waals surface area contributed by atoms with Gasteiger partial charge in [-0.1, -0.05) is 12.1 Å². The van der Waals surface area contributed by atoms with Gasteiger partial charge in [0.2, 0.25) is 5.91 Å². The predicted octanol–water partition coefficient (Wildman–Crippen LogP) is 0.549. The number of ether oxygens (including phenoxy) is 1. The third-order valence-corrected chi connectivity index (χ3v) is 2.83. The molecular formula is C14H17N3O3. The third kappa shape index (κ3) is 3.42. The van der Waals surface area contributed by atoms with Crippen LogP contribution < -0.4 is 10.9 Å². The Labute approximate surface area is 116 Å². The summed E-state index contributed by atoms with van der Waals surface area (Å²) in [5.41, 5.74) is 1.05. The van der Waals surface area contributed by atoms with E-state index in [0.29, 0.717) is 30.8 Å². The van der Waals surface area contributed by atoms with Crippen molar-refractivity contribution in [3.05, 3.63) is 40.8 Å². The van der Waals surface area contributed by atoms with E-state index in [9.17, 15) is 9.59 Å². The maximum Gasteiger partial charge on any atom is 0.269 e. The van der Waals surface area contributed by atoms with Gasteiger partial charge in [0, 0.05) is 13.2 Å². The molecule has 0 spiro atoms. The van der Waals surface area contributed by atoms with Gasteiger partial charge in [-0.05, 0) is 19.1 Å². The van der Waals surface area contributed by atoms with Gasteiger partial charge in [0.05, 0.1) is 23.8 Å². The molecule has 2 aromatic rings. The van der Waals surface area contributed by atoms with E-state index in [0.717, 1.165) is 0 Å². The summed E-state index contributed by atoms with van der Waals surface area (Å²) < 4.78 is 6.55. The number of para-hydroxylation sites is 2. The lowest BCUT2D eigenvalue weighted by atomic mass is 10.3. The molecule has 106 valence electrons. The van der Waals surface area contributed by atoms with Crippen LogP contribution in [-0.4, -0.2) is 35.2 Å². The van der Waals surface area contributed by atoms with Crippen LogP contribution in [0.1, 0.15) is 6.92 Å². The Morgan fingerprint density at radius 3 is 3.00 bits per heavy atom. The molecule has 0 fully saturated rings. The molecule has 0 radical (unpaired) electrons. The first-order valence-electron chi connectivity index (χ1n) is 6.51. The van der Waals surface area contributed by atoms with E-state index in [1.807, 2.05) is 19.1 Å². The Bertz CT molecular complexity index is 651. The van der Waals surface area contributed by atoms with Crippen molar-refractivity contribution in [2.75, 3.05) is 19.8 Å². The highest BCUT2D eigenvalue weighted by Crippen LogP contribution is 2.07. The minimum Gasteiger partial charge on any atom is -0.380 e. The monoisotopic (exact) mass is 275 g/mol. The molecule has 0 aliphatic carbocycles. The molecule has 1 amide bonds. The zero-order chi connectivity index (χ0) is 14.4. The van der Waals surface area contributed by atoms with E-state index < -0.39 is 0 Å². The van der Waals surface area contributed by atoms with Gasteiger partial charge in [-0.2, -0.15) is 0 Å². The van der Waals surface area contributed by atoms with Crippen molar-refractivity contribution < 1.29 is 9.53 Å². The second-order valence-corrected chi connectivity index (χ2v) is 4.22. The fourth-order valence-corrected chi connectivity index (χ4v) is 1.88. The highest BCUT2D eigenvalue weighted by atomic mass is 16.5. The molecule has 6 heteroatoms. The van der Waals surface area contributed by atoms with Gasteiger partial charge in [-0.3, -0.25) is 14.2 Å². The standard InChI is InChI=1S/C14H17N3O3/c1-2-20-8-7-15-13(18)10-17-12-6-4-3-5-11(12)16-9-14(17)19/h3-6,9H,2,7-8,10H2,1H3,(H,15,18). The van der Waals surface area contributed by atoms with Gasteiger partial charge in [0.25, 0.3) is 5.56 Å². The van der Waals surface area contributed by atoms with Crippen LogP contribution in [0.25, 0.3) is 11.0 Å². The number of nitrogens with one attached hydrogen (secondary N) is 1. The number of aromatic nitrogens is 2. The lowest BCUT2D eigenvalue weighted by Gasteiger charge is -2.09. The normalized spacial score (nSPS) is 10.7. The summed E-state index contributed by atoms with van der Waals surface area (Å²) in [5, 5.41) is 2.71. The number of carbonyl (C=O) groups excluding carboxylic acids is 1. The smallest absolute Gasteiger partial charge is 0.269 e. The van der Waals surface area contributed by atoms with Gasteiger partial charge >= 0.3 is 0 Å². The van der Waals surface area contributed by atoms with Gasteiger partial charge in [-0.25, -0.2) is 4.98 Å². The van der Waals surface area contributed by atoms with Crippen molar-refractivity contribution in [1.29, 1.82) is 0 Å². The maximum absolute atomic E-state index is 11.8. The molecule has 0 saturated heterocycles. The second-order valence-electron chi connectivity index (χ2n) is 4.22. The second kappa shape index (κ2) is 6.81. The molecule has 1 N–H and O–H groups in total. The number of benzene rings is 1. The highest BCUT2D eigenvalue weighted by molar-refractivity contribution is 5.79. The van der Waals surface area contributed by atoms with Crippen LogP contribution in [0.3, 0.4) is 0 Å². The number of hydrogen-bond donors (Lipinski definition) is 1. The fourth-order valence-electron chi connectivity index (χ4n) is 1.88. The Hall–Kier alpha value is -2.21. The first-order chi connectivity index (χ1) is 9.72. The SMILES string of the molecule is CCOCCNC(=O)Cn1c(=O)cnc2ccccc21.